The Morgan fingerprint density at radius 3 is 2.75 bits per heavy atom. The highest BCUT2D eigenvalue weighted by Crippen LogP contribution is 2.16. The smallest absolute Gasteiger partial charge is 0.147 e. The summed E-state index contributed by atoms with van der Waals surface area (Å²) in [5, 5.41) is 0. The first kappa shape index (κ1) is 11.4. The Hall–Kier alpha value is -1.09. The fourth-order valence-corrected chi connectivity index (χ4v) is 2.38. The van der Waals surface area contributed by atoms with E-state index in [0.717, 1.165) is 18.8 Å². The van der Waals surface area contributed by atoms with Crippen LogP contribution in [0.3, 0.4) is 0 Å². The molecule has 1 saturated heterocycles. The minimum absolute atomic E-state index is 0.00597. The van der Waals surface area contributed by atoms with E-state index in [1.54, 1.807) is 13.2 Å². The molecule has 0 bridgehead atoms. The summed E-state index contributed by atoms with van der Waals surface area (Å²) < 4.78 is 5.33. The molecule has 16 heavy (non-hydrogen) atoms. The summed E-state index contributed by atoms with van der Waals surface area (Å²) in [6.07, 6.45) is 6.09. The van der Waals surface area contributed by atoms with E-state index in [1.165, 1.54) is 19.3 Å². The van der Waals surface area contributed by atoms with Crippen molar-refractivity contribution >= 4 is 5.78 Å². The third-order valence-corrected chi connectivity index (χ3v) is 3.28. The number of furan rings is 1. The van der Waals surface area contributed by atoms with Crippen molar-refractivity contribution in [1.82, 2.24) is 4.90 Å². The van der Waals surface area contributed by atoms with Gasteiger partial charge in [0, 0.05) is 6.42 Å². The number of rotatable bonds is 4. The summed E-state index contributed by atoms with van der Waals surface area (Å²) in [4.78, 5) is 14.0. The van der Waals surface area contributed by atoms with Crippen LogP contribution < -0.4 is 0 Å². The lowest BCUT2D eigenvalue weighted by atomic mass is 10.0. The summed E-state index contributed by atoms with van der Waals surface area (Å²) >= 11 is 0. The first-order valence-electron chi connectivity index (χ1n) is 6.04. The van der Waals surface area contributed by atoms with Gasteiger partial charge in [-0.15, -0.1) is 0 Å². The zero-order chi connectivity index (χ0) is 11.4. The largest absolute Gasteiger partial charge is 0.469 e. The second-order valence-electron chi connectivity index (χ2n) is 4.51. The molecule has 88 valence electrons. The molecule has 0 saturated carbocycles. The maximum absolute atomic E-state index is 11.7. The van der Waals surface area contributed by atoms with Crippen LogP contribution in [0.4, 0.5) is 0 Å². The molecule has 0 radical (unpaired) electrons. The Bertz CT molecular complexity index is 326. The summed E-state index contributed by atoms with van der Waals surface area (Å²) in [6.45, 7) is 3.78. The molecule has 1 aliphatic heterocycles. The van der Waals surface area contributed by atoms with Gasteiger partial charge in [-0.3, -0.25) is 9.69 Å². The molecule has 2 heterocycles. The monoisotopic (exact) mass is 221 g/mol. The standard InChI is InChI=1S/C13H19NO2/c1-11(15)13(10-12-6-5-9-16-12)14-7-3-2-4-8-14/h5-6,9,13H,2-4,7-8,10H2,1H3. The Labute approximate surface area is 96.4 Å². The predicted octanol–water partition coefficient (Wildman–Crippen LogP) is 2.27. The SMILES string of the molecule is CC(=O)C(Cc1ccco1)N1CCCCC1. The molecule has 3 heteroatoms. The Morgan fingerprint density at radius 2 is 2.19 bits per heavy atom. The van der Waals surface area contributed by atoms with Crippen LogP contribution in [0, 0.1) is 0 Å². The Morgan fingerprint density at radius 1 is 1.44 bits per heavy atom. The lowest BCUT2D eigenvalue weighted by Gasteiger charge is -2.32. The van der Waals surface area contributed by atoms with Crippen LogP contribution in [-0.2, 0) is 11.2 Å². The number of carbonyl (C=O) groups is 1. The summed E-state index contributed by atoms with van der Waals surface area (Å²) in [7, 11) is 0. The topological polar surface area (TPSA) is 33.5 Å². The van der Waals surface area contributed by atoms with Gasteiger partial charge in [-0.1, -0.05) is 6.42 Å². The lowest BCUT2D eigenvalue weighted by Crippen LogP contribution is -2.44. The fourth-order valence-electron chi connectivity index (χ4n) is 2.38. The molecule has 3 nitrogen and oxygen atoms in total. The van der Waals surface area contributed by atoms with E-state index in [1.807, 2.05) is 12.1 Å². The number of hydrogen-bond donors (Lipinski definition) is 0. The van der Waals surface area contributed by atoms with Crippen molar-refractivity contribution in [2.45, 2.75) is 38.6 Å². The average molecular weight is 221 g/mol. The van der Waals surface area contributed by atoms with Crippen molar-refractivity contribution in [3.05, 3.63) is 24.2 Å². The van der Waals surface area contributed by atoms with Gasteiger partial charge in [-0.25, -0.2) is 0 Å². The van der Waals surface area contributed by atoms with Gasteiger partial charge in [-0.05, 0) is 45.0 Å². The van der Waals surface area contributed by atoms with E-state index in [9.17, 15) is 4.79 Å². The second kappa shape index (κ2) is 5.30. The Balaban J connectivity index is 2.01. The molecular formula is C13H19NO2. The van der Waals surface area contributed by atoms with Crippen LogP contribution in [0.25, 0.3) is 0 Å². The highest BCUT2D eigenvalue weighted by molar-refractivity contribution is 5.81. The number of hydrogen-bond acceptors (Lipinski definition) is 3. The predicted molar refractivity (Wildman–Crippen MR) is 62.3 cm³/mol. The molecule has 1 atom stereocenters. The summed E-state index contributed by atoms with van der Waals surface area (Å²) in [5.74, 6) is 1.16. The normalized spacial score (nSPS) is 19.6. The van der Waals surface area contributed by atoms with Gasteiger partial charge in [0.2, 0.25) is 0 Å². The highest BCUT2D eigenvalue weighted by Gasteiger charge is 2.25. The van der Waals surface area contributed by atoms with Crippen molar-refractivity contribution in [2.75, 3.05) is 13.1 Å². The molecule has 1 aromatic rings. The minimum Gasteiger partial charge on any atom is -0.469 e. The zero-order valence-electron chi connectivity index (χ0n) is 9.82. The van der Waals surface area contributed by atoms with E-state index in [0.29, 0.717) is 6.42 Å². The maximum atomic E-state index is 11.7. The molecule has 1 aromatic heterocycles. The molecule has 0 aliphatic carbocycles. The molecule has 0 aromatic carbocycles. The number of piperidine rings is 1. The average Bonchev–Trinajstić information content (AvgIpc) is 2.79. The Kier molecular flexibility index (Phi) is 3.78. The van der Waals surface area contributed by atoms with Crippen molar-refractivity contribution in [3.63, 3.8) is 0 Å². The number of Topliss-reactive ketones (excluding diaryl/α,β-unsaturated/α-hetero) is 1. The van der Waals surface area contributed by atoms with Gasteiger partial charge in [0.15, 0.2) is 0 Å². The van der Waals surface area contributed by atoms with E-state index in [-0.39, 0.29) is 11.8 Å². The van der Waals surface area contributed by atoms with Crippen LogP contribution >= 0.6 is 0 Å². The van der Waals surface area contributed by atoms with Crippen molar-refractivity contribution in [2.24, 2.45) is 0 Å². The molecule has 1 fully saturated rings. The van der Waals surface area contributed by atoms with Gasteiger partial charge in [-0.2, -0.15) is 0 Å². The molecule has 1 aliphatic rings. The van der Waals surface area contributed by atoms with Gasteiger partial charge >= 0.3 is 0 Å². The zero-order valence-corrected chi connectivity index (χ0v) is 9.82. The van der Waals surface area contributed by atoms with E-state index in [2.05, 4.69) is 4.90 Å². The van der Waals surface area contributed by atoms with Crippen molar-refractivity contribution in [1.29, 1.82) is 0 Å². The minimum atomic E-state index is 0.00597. The molecule has 2 rings (SSSR count). The van der Waals surface area contributed by atoms with E-state index in [4.69, 9.17) is 4.42 Å². The van der Waals surface area contributed by atoms with Crippen LogP contribution in [0.5, 0.6) is 0 Å². The lowest BCUT2D eigenvalue weighted by molar-refractivity contribution is -0.122. The van der Waals surface area contributed by atoms with Gasteiger partial charge in [0.1, 0.15) is 11.5 Å². The number of likely N-dealkylation sites (tertiary alicyclic amines) is 1. The van der Waals surface area contributed by atoms with Crippen molar-refractivity contribution < 1.29 is 9.21 Å². The van der Waals surface area contributed by atoms with Crippen molar-refractivity contribution in [3.8, 4) is 0 Å². The maximum Gasteiger partial charge on any atom is 0.147 e. The first-order chi connectivity index (χ1) is 7.77. The van der Waals surface area contributed by atoms with Gasteiger partial charge < -0.3 is 4.42 Å². The van der Waals surface area contributed by atoms with Crippen LogP contribution in [0.15, 0.2) is 22.8 Å². The van der Waals surface area contributed by atoms with E-state index < -0.39 is 0 Å². The molecule has 0 spiro atoms. The van der Waals surface area contributed by atoms with Crippen LogP contribution in [0.1, 0.15) is 31.9 Å². The molecular weight excluding hydrogens is 202 g/mol. The number of carbonyl (C=O) groups excluding carboxylic acids is 1. The molecule has 1 unspecified atom stereocenters. The first-order valence-corrected chi connectivity index (χ1v) is 6.04. The second-order valence-corrected chi connectivity index (χ2v) is 4.51. The third kappa shape index (κ3) is 2.73. The highest BCUT2D eigenvalue weighted by atomic mass is 16.3. The van der Waals surface area contributed by atoms with Crippen LogP contribution in [-0.4, -0.2) is 29.8 Å². The molecule has 0 amide bonds. The summed E-state index contributed by atoms with van der Waals surface area (Å²) in [6, 6.07) is 3.83. The quantitative estimate of drug-likeness (QED) is 0.782. The summed E-state index contributed by atoms with van der Waals surface area (Å²) in [5.41, 5.74) is 0. The van der Waals surface area contributed by atoms with Gasteiger partial charge in [0.25, 0.3) is 0 Å². The molecule has 0 N–H and O–H groups in total. The number of ketones is 1. The van der Waals surface area contributed by atoms with E-state index >= 15 is 0 Å². The van der Waals surface area contributed by atoms with Crippen LogP contribution in [0.2, 0.25) is 0 Å². The van der Waals surface area contributed by atoms with Gasteiger partial charge in [0.05, 0.1) is 12.3 Å². The third-order valence-electron chi connectivity index (χ3n) is 3.28. The number of nitrogens with zero attached hydrogens (tertiary/aromatic N) is 1. The fraction of sp³-hybridized carbons (Fsp3) is 0.615.